The zero-order valence-corrected chi connectivity index (χ0v) is 12.0. The van der Waals surface area contributed by atoms with E-state index in [9.17, 15) is 9.18 Å². The van der Waals surface area contributed by atoms with Gasteiger partial charge in [0.2, 0.25) is 0 Å². The van der Waals surface area contributed by atoms with Crippen LogP contribution in [0.1, 0.15) is 23.2 Å². The summed E-state index contributed by atoms with van der Waals surface area (Å²) in [7, 11) is 0. The van der Waals surface area contributed by atoms with Crippen LogP contribution in [0.15, 0.2) is 61.2 Å². The van der Waals surface area contributed by atoms with Crippen molar-refractivity contribution in [2.45, 2.75) is 12.8 Å². The first-order chi connectivity index (χ1) is 10.7. The first-order valence-corrected chi connectivity index (χ1v) is 6.90. The Morgan fingerprint density at radius 2 is 1.95 bits per heavy atom. The molecule has 0 bridgehead atoms. The van der Waals surface area contributed by atoms with Gasteiger partial charge >= 0.3 is 0 Å². The maximum absolute atomic E-state index is 14.1. The number of rotatable bonds is 3. The highest BCUT2D eigenvalue weighted by Gasteiger charge is 2.19. The lowest BCUT2D eigenvalue weighted by atomic mass is 9.95. The average Bonchev–Trinajstić information content (AvgIpc) is 3.09. The second-order valence-corrected chi connectivity index (χ2v) is 5.01. The Kier molecular flexibility index (Phi) is 3.78. The van der Waals surface area contributed by atoms with E-state index in [1.807, 2.05) is 30.3 Å². The number of aromatic nitrogens is 3. The van der Waals surface area contributed by atoms with Crippen LogP contribution in [0.4, 0.5) is 4.39 Å². The van der Waals surface area contributed by atoms with Crippen molar-refractivity contribution in [3.8, 4) is 11.1 Å². The molecule has 1 aromatic heterocycles. The van der Waals surface area contributed by atoms with E-state index in [0.717, 1.165) is 11.1 Å². The van der Waals surface area contributed by atoms with Crippen LogP contribution < -0.4 is 0 Å². The molecule has 0 unspecified atom stereocenters. The number of hydrogen-bond acceptors (Lipinski definition) is 3. The lowest BCUT2D eigenvalue weighted by Crippen LogP contribution is -2.18. The zero-order valence-electron chi connectivity index (χ0n) is 12.0. The van der Waals surface area contributed by atoms with Crippen LogP contribution in [0.2, 0.25) is 0 Å². The summed E-state index contributed by atoms with van der Waals surface area (Å²) < 4.78 is 15.3. The highest BCUT2D eigenvalue weighted by atomic mass is 19.1. The van der Waals surface area contributed by atoms with Gasteiger partial charge in [-0.25, -0.2) is 9.37 Å². The highest BCUT2D eigenvalue weighted by Crippen LogP contribution is 2.27. The molecule has 2 aromatic carbocycles. The Balaban J connectivity index is 1.97. The standard InChI is InChI=1S/C17H14FN3O/c1-12(17(22)21-11-19-10-20-21)14-7-8-16(18)15(9-14)13-5-3-2-4-6-13/h2-12H,1H3/t12-/m1/s1. The summed E-state index contributed by atoms with van der Waals surface area (Å²) in [5.74, 6) is -0.955. The molecule has 4 nitrogen and oxygen atoms in total. The van der Waals surface area contributed by atoms with Gasteiger partial charge in [0.15, 0.2) is 0 Å². The van der Waals surface area contributed by atoms with Crippen LogP contribution in [0, 0.1) is 5.82 Å². The van der Waals surface area contributed by atoms with E-state index in [1.54, 1.807) is 19.1 Å². The molecule has 3 rings (SSSR count). The molecule has 5 heteroatoms. The molecular weight excluding hydrogens is 281 g/mol. The molecule has 0 saturated heterocycles. The molecule has 0 aliphatic carbocycles. The summed E-state index contributed by atoms with van der Waals surface area (Å²) in [6, 6.07) is 14.0. The smallest absolute Gasteiger partial charge is 0.255 e. The lowest BCUT2D eigenvalue weighted by molar-refractivity contribution is 0.0868. The van der Waals surface area contributed by atoms with Gasteiger partial charge < -0.3 is 0 Å². The lowest BCUT2D eigenvalue weighted by Gasteiger charge is -2.12. The van der Waals surface area contributed by atoms with Crippen molar-refractivity contribution in [1.82, 2.24) is 14.8 Å². The fourth-order valence-electron chi connectivity index (χ4n) is 2.31. The Hall–Kier alpha value is -2.82. The number of hydrogen-bond donors (Lipinski definition) is 0. The van der Waals surface area contributed by atoms with Crippen molar-refractivity contribution in [3.05, 3.63) is 72.6 Å². The number of benzene rings is 2. The van der Waals surface area contributed by atoms with Gasteiger partial charge in [-0.3, -0.25) is 4.79 Å². The summed E-state index contributed by atoms with van der Waals surface area (Å²) >= 11 is 0. The second kappa shape index (κ2) is 5.89. The van der Waals surface area contributed by atoms with Crippen molar-refractivity contribution in [3.63, 3.8) is 0 Å². The van der Waals surface area contributed by atoms with E-state index in [2.05, 4.69) is 10.1 Å². The Labute approximate surface area is 127 Å². The van der Waals surface area contributed by atoms with Crippen molar-refractivity contribution in [2.24, 2.45) is 0 Å². The van der Waals surface area contributed by atoms with Crippen LogP contribution in [-0.2, 0) is 0 Å². The van der Waals surface area contributed by atoms with E-state index in [0.29, 0.717) is 5.56 Å². The zero-order chi connectivity index (χ0) is 15.5. The van der Waals surface area contributed by atoms with E-state index in [-0.39, 0.29) is 11.7 Å². The van der Waals surface area contributed by atoms with Crippen LogP contribution in [0.3, 0.4) is 0 Å². The normalized spacial score (nSPS) is 12.1. The number of halogens is 1. The van der Waals surface area contributed by atoms with Gasteiger partial charge in [0, 0.05) is 5.56 Å². The number of carbonyl (C=O) groups excluding carboxylic acids is 1. The molecule has 0 amide bonds. The summed E-state index contributed by atoms with van der Waals surface area (Å²) in [6.07, 6.45) is 2.67. The van der Waals surface area contributed by atoms with Gasteiger partial charge in [0.1, 0.15) is 18.5 Å². The summed E-state index contributed by atoms with van der Waals surface area (Å²) in [4.78, 5) is 16.1. The Morgan fingerprint density at radius 3 is 2.64 bits per heavy atom. The number of carbonyl (C=O) groups is 1. The van der Waals surface area contributed by atoms with E-state index in [4.69, 9.17) is 0 Å². The van der Waals surface area contributed by atoms with Crippen molar-refractivity contribution < 1.29 is 9.18 Å². The molecule has 0 aliphatic heterocycles. The molecule has 22 heavy (non-hydrogen) atoms. The molecule has 0 aliphatic rings. The number of nitrogens with zero attached hydrogens (tertiary/aromatic N) is 3. The third-order valence-electron chi connectivity index (χ3n) is 3.59. The van der Waals surface area contributed by atoms with Gasteiger partial charge in [-0.2, -0.15) is 9.78 Å². The van der Waals surface area contributed by atoms with Gasteiger partial charge in [-0.15, -0.1) is 0 Å². The predicted octanol–water partition coefficient (Wildman–Crippen LogP) is 3.53. The van der Waals surface area contributed by atoms with E-state index in [1.165, 1.54) is 23.4 Å². The summed E-state index contributed by atoms with van der Waals surface area (Å²) in [6.45, 7) is 1.77. The van der Waals surface area contributed by atoms with Gasteiger partial charge in [-0.05, 0) is 30.2 Å². The summed E-state index contributed by atoms with van der Waals surface area (Å²) in [5, 5.41) is 3.84. The highest BCUT2D eigenvalue weighted by molar-refractivity contribution is 5.85. The third kappa shape index (κ3) is 2.65. The molecular formula is C17H14FN3O. The van der Waals surface area contributed by atoms with Crippen LogP contribution in [0.5, 0.6) is 0 Å². The minimum absolute atomic E-state index is 0.205. The molecule has 0 spiro atoms. The molecule has 1 atom stereocenters. The van der Waals surface area contributed by atoms with Crippen molar-refractivity contribution in [2.75, 3.05) is 0 Å². The molecule has 110 valence electrons. The second-order valence-electron chi connectivity index (χ2n) is 5.01. The SMILES string of the molecule is C[C@@H](C(=O)n1cncn1)c1ccc(F)c(-c2ccccc2)c1. The van der Waals surface area contributed by atoms with Crippen LogP contribution in [0.25, 0.3) is 11.1 Å². The Bertz CT molecular complexity index is 785. The predicted molar refractivity (Wildman–Crippen MR) is 80.9 cm³/mol. The molecule has 0 radical (unpaired) electrons. The minimum Gasteiger partial charge on any atom is -0.272 e. The van der Waals surface area contributed by atoms with E-state index < -0.39 is 5.92 Å². The molecule has 0 N–H and O–H groups in total. The summed E-state index contributed by atoms with van der Waals surface area (Å²) in [5.41, 5.74) is 2.00. The molecule has 0 saturated carbocycles. The van der Waals surface area contributed by atoms with Gasteiger partial charge in [-0.1, -0.05) is 36.4 Å². The maximum Gasteiger partial charge on any atom is 0.255 e. The molecule has 0 fully saturated rings. The fraction of sp³-hybridized carbons (Fsp3) is 0.118. The topological polar surface area (TPSA) is 47.8 Å². The first kappa shape index (κ1) is 14.1. The van der Waals surface area contributed by atoms with Crippen molar-refractivity contribution in [1.29, 1.82) is 0 Å². The largest absolute Gasteiger partial charge is 0.272 e. The van der Waals surface area contributed by atoms with Gasteiger partial charge in [0.25, 0.3) is 5.91 Å². The minimum atomic E-state index is -0.440. The molecule has 1 heterocycles. The first-order valence-electron chi connectivity index (χ1n) is 6.90. The van der Waals surface area contributed by atoms with Gasteiger partial charge in [0.05, 0.1) is 5.92 Å². The van der Waals surface area contributed by atoms with Crippen molar-refractivity contribution >= 4 is 5.91 Å². The fourth-order valence-corrected chi connectivity index (χ4v) is 2.31. The van der Waals surface area contributed by atoms with Crippen LogP contribution >= 0.6 is 0 Å². The van der Waals surface area contributed by atoms with E-state index >= 15 is 0 Å². The monoisotopic (exact) mass is 295 g/mol. The molecule has 3 aromatic rings. The third-order valence-corrected chi connectivity index (χ3v) is 3.59. The Morgan fingerprint density at radius 1 is 1.18 bits per heavy atom. The quantitative estimate of drug-likeness (QED) is 0.742. The maximum atomic E-state index is 14.1. The van der Waals surface area contributed by atoms with Crippen LogP contribution in [-0.4, -0.2) is 20.7 Å². The average molecular weight is 295 g/mol.